The average Bonchev–Trinajstić information content (AvgIpc) is 3.52. The Bertz CT molecular complexity index is 1530. The number of hydrogen-bond donors (Lipinski definition) is 2. The minimum absolute atomic E-state index is 0.383. The maximum atomic E-state index is 14.0. The summed E-state index contributed by atoms with van der Waals surface area (Å²) >= 11 is 0. The Hall–Kier alpha value is -4.46. The van der Waals surface area contributed by atoms with Crippen molar-refractivity contribution in [2.45, 2.75) is 25.5 Å². The molecule has 12 nitrogen and oxygen atoms in total. The fraction of sp³-hybridized carbons (Fsp3) is 0.345. The second kappa shape index (κ2) is 12.2. The lowest BCUT2D eigenvalue weighted by atomic mass is 10.0. The minimum Gasteiger partial charge on any atom is -0.383 e. The molecule has 0 bridgehead atoms. The van der Waals surface area contributed by atoms with Crippen LogP contribution in [0.1, 0.15) is 23.7 Å². The van der Waals surface area contributed by atoms with E-state index in [4.69, 9.17) is 14.7 Å². The fourth-order valence-electron chi connectivity index (χ4n) is 5.05. The zero-order valence-corrected chi connectivity index (χ0v) is 23.4. The summed E-state index contributed by atoms with van der Waals surface area (Å²) in [7, 11) is 1.61. The number of aromatic nitrogens is 5. The van der Waals surface area contributed by atoms with Crippen molar-refractivity contribution >= 4 is 17.8 Å². The molecule has 0 spiro atoms. The van der Waals surface area contributed by atoms with Crippen LogP contribution in [0, 0.1) is 12.9 Å². The molecule has 2 amide bonds. The number of carbonyl (C=O) groups is 1. The monoisotopic (exact) mass is 573 g/mol. The van der Waals surface area contributed by atoms with E-state index >= 15 is 0 Å². The smallest absolute Gasteiger partial charge is 0.320 e. The second-order valence-electron chi connectivity index (χ2n) is 10.2. The molecule has 2 aliphatic heterocycles. The number of methoxy groups -OCH3 is 1. The molecule has 2 atom stereocenters. The van der Waals surface area contributed by atoms with Crippen LogP contribution in [0.2, 0.25) is 0 Å². The number of carbonyl (C=O) groups excluding carboxylic acids is 1. The van der Waals surface area contributed by atoms with Gasteiger partial charge in [0.1, 0.15) is 17.6 Å². The first-order chi connectivity index (χ1) is 20.5. The molecule has 5 heterocycles. The zero-order chi connectivity index (χ0) is 29.1. The summed E-state index contributed by atoms with van der Waals surface area (Å²) in [6.45, 7) is 5.12. The Morgan fingerprint density at radius 3 is 2.62 bits per heavy atom. The Balaban J connectivity index is 1.26. The first kappa shape index (κ1) is 27.7. The molecule has 2 fully saturated rings. The van der Waals surface area contributed by atoms with Crippen LogP contribution >= 0.6 is 0 Å². The van der Waals surface area contributed by atoms with Crippen molar-refractivity contribution in [1.82, 2.24) is 35.1 Å². The van der Waals surface area contributed by atoms with Crippen LogP contribution in [-0.4, -0.2) is 81.8 Å². The molecule has 218 valence electrons. The molecule has 13 heteroatoms. The van der Waals surface area contributed by atoms with Gasteiger partial charge in [-0.3, -0.25) is 10.2 Å². The third-order valence-corrected chi connectivity index (χ3v) is 7.37. The van der Waals surface area contributed by atoms with E-state index in [0.717, 1.165) is 36.3 Å². The maximum absolute atomic E-state index is 14.0. The minimum atomic E-state index is -0.619. The van der Waals surface area contributed by atoms with E-state index in [1.807, 2.05) is 37.3 Å². The van der Waals surface area contributed by atoms with Crippen molar-refractivity contribution in [1.29, 1.82) is 0 Å². The maximum Gasteiger partial charge on any atom is 0.320 e. The quantitative estimate of drug-likeness (QED) is 0.290. The average molecular weight is 574 g/mol. The van der Waals surface area contributed by atoms with Gasteiger partial charge in [0.25, 0.3) is 0 Å². The Morgan fingerprint density at radius 2 is 1.93 bits per heavy atom. The zero-order valence-electron chi connectivity index (χ0n) is 23.4. The number of pyridine rings is 1. The van der Waals surface area contributed by atoms with Gasteiger partial charge in [-0.05, 0) is 43.2 Å². The van der Waals surface area contributed by atoms with E-state index in [9.17, 15) is 9.18 Å². The number of amides is 2. The number of anilines is 2. The lowest BCUT2D eigenvalue weighted by Crippen LogP contribution is -2.42. The van der Waals surface area contributed by atoms with Gasteiger partial charge in [0.05, 0.1) is 18.3 Å². The van der Waals surface area contributed by atoms with Gasteiger partial charge in [0.15, 0.2) is 0 Å². The molecule has 0 saturated carbocycles. The number of nitrogens with one attached hydrogen (secondary N) is 2. The van der Waals surface area contributed by atoms with Crippen molar-refractivity contribution in [3.05, 3.63) is 78.1 Å². The summed E-state index contributed by atoms with van der Waals surface area (Å²) in [6, 6.07) is 11.6. The summed E-state index contributed by atoms with van der Waals surface area (Å²) < 4.78 is 20.8. The molecule has 0 unspecified atom stereocenters. The summed E-state index contributed by atoms with van der Waals surface area (Å²) in [5.41, 5.74) is 3.51. The molecular weight excluding hydrogens is 541 g/mol. The number of hydroxylamine groups is 2. The fourth-order valence-corrected chi connectivity index (χ4v) is 5.05. The van der Waals surface area contributed by atoms with Crippen molar-refractivity contribution in [2.75, 3.05) is 50.1 Å². The number of halogens is 1. The van der Waals surface area contributed by atoms with Crippen molar-refractivity contribution in [2.24, 2.45) is 0 Å². The topological polar surface area (TPSA) is 123 Å². The summed E-state index contributed by atoms with van der Waals surface area (Å²) in [5, 5.41) is 12.6. The van der Waals surface area contributed by atoms with E-state index in [1.54, 1.807) is 35.3 Å². The third-order valence-electron chi connectivity index (χ3n) is 7.37. The summed E-state index contributed by atoms with van der Waals surface area (Å²) in [5.74, 6) is 0.582. The highest BCUT2D eigenvalue weighted by atomic mass is 19.1. The van der Waals surface area contributed by atoms with Crippen LogP contribution in [-0.2, 0) is 9.57 Å². The number of urea groups is 1. The Morgan fingerprint density at radius 1 is 1.14 bits per heavy atom. The van der Waals surface area contributed by atoms with E-state index in [-0.39, 0.29) is 0 Å². The molecule has 2 saturated heterocycles. The summed E-state index contributed by atoms with van der Waals surface area (Å²) in [4.78, 5) is 34.4. The van der Waals surface area contributed by atoms with Crippen LogP contribution in [0.25, 0.3) is 16.9 Å². The molecule has 2 aliphatic rings. The first-order valence-electron chi connectivity index (χ1n) is 13.8. The van der Waals surface area contributed by atoms with Gasteiger partial charge in [-0.25, -0.2) is 24.4 Å². The van der Waals surface area contributed by atoms with Crippen LogP contribution in [0.4, 0.5) is 21.0 Å². The van der Waals surface area contributed by atoms with Gasteiger partial charge in [-0.2, -0.15) is 14.6 Å². The SMILES string of the molecule is COCCN1C[C@@H](NC(=O)Nc2c(C)c(-c3cnc(N4CCC4)nc3)nn2-c2ccccc2)[C@H](c2ccnc(F)c2)O1. The highest BCUT2D eigenvalue weighted by molar-refractivity contribution is 5.91. The van der Waals surface area contributed by atoms with Gasteiger partial charge < -0.3 is 15.0 Å². The largest absolute Gasteiger partial charge is 0.383 e. The van der Waals surface area contributed by atoms with Crippen molar-refractivity contribution < 1.29 is 18.8 Å². The Kier molecular flexibility index (Phi) is 8.04. The summed E-state index contributed by atoms with van der Waals surface area (Å²) in [6.07, 6.45) is 5.44. The first-order valence-corrected chi connectivity index (χ1v) is 13.8. The van der Waals surface area contributed by atoms with E-state index in [2.05, 4.69) is 30.5 Å². The van der Waals surface area contributed by atoms with Gasteiger partial charge in [0.2, 0.25) is 11.9 Å². The lowest BCUT2D eigenvalue weighted by Gasteiger charge is -2.30. The van der Waals surface area contributed by atoms with Crippen LogP contribution in [0.3, 0.4) is 0 Å². The van der Waals surface area contributed by atoms with Gasteiger partial charge in [-0.15, -0.1) is 0 Å². The molecule has 6 rings (SSSR count). The molecule has 2 N–H and O–H groups in total. The lowest BCUT2D eigenvalue weighted by molar-refractivity contribution is -0.154. The standard InChI is InChI=1S/C29H32FN9O3/c1-19-25(21-16-32-28(33-17-21)37-11-6-12-37)36-39(22-7-4-3-5-8-22)27(19)35-29(40)34-23-18-38(13-14-41-2)42-26(23)20-9-10-31-24(30)15-20/h3-5,7-10,15-17,23,26H,6,11-14,18H2,1-2H3,(H2,34,35,40)/t23-,26+/m1/s1. The number of ether oxygens (including phenoxy) is 1. The van der Waals surface area contributed by atoms with Crippen LogP contribution in [0.15, 0.2) is 61.1 Å². The highest BCUT2D eigenvalue weighted by Crippen LogP contribution is 2.32. The van der Waals surface area contributed by atoms with Gasteiger partial charge in [0, 0.05) is 63.0 Å². The molecule has 42 heavy (non-hydrogen) atoms. The predicted molar refractivity (Wildman–Crippen MR) is 154 cm³/mol. The Labute approximate surface area is 242 Å². The molecular formula is C29H32FN9O3. The molecule has 0 radical (unpaired) electrons. The highest BCUT2D eigenvalue weighted by Gasteiger charge is 2.37. The second-order valence-corrected chi connectivity index (χ2v) is 10.2. The molecule has 4 aromatic rings. The van der Waals surface area contributed by atoms with Crippen LogP contribution in [0.5, 0.6) is 0 Å². The van der Waals surface area contributed by atoms with Gasteiger partial charge in [-0.1, -0.05) is 18.2 Å². The van der Waals surface area contributed by atoms with E-state index in [1.165, 1.54) is 12.3 Å². The van der Waals surface area contributed by atoms with Crippen LogP contribution < -0.4 is 15.5 Å². The van der Waals surface area contributed by atoms with Gasteiger partial charge >= 0.3 is 6.03 Å². The number of hydrogen-bond acceptors (Lipinski definition) is 9. The van der Waals surface area contributed by atoms with Crippen molar-refractivity contribution in [3.63, 3.8) is 0 Å². The van der Waals surface area contributed by atoms with E-state index < -0.39 is 24.1 Å². The molecule has 3 aromatic heterocycles. The molecule has 1 aromatic carbocycles. The number of rotatable bonds is 9. The number of nitrogens with zero attached hydrogens (tertiary/aromatic N) is 7. The number of benzene rings is 1. The molecule has 0 aliphatic carbocycles. The van der Waals surface area contributed by atoms with Crippen molar-refractivity contribution in [3.8, 4) is 16.9 Å². The normalized spacial score (nSPS) is 18.6. The third kappa shape index (κ3) is 5.79. The predicted octanol–water partition coefficient (Wildman–Crippen LogP) is 3.51. The van der Waals surface area contributed by atoms with E-state index in [0.29, 0.717) is 42.7 Å². The number of para-hydroxylation sites is 1.